The third kappa shape index (κ3) is 5.08. The zero-order valence-corrected chi connectivity index (χ0v) is 15.7. The first-order chi connectivity index (χ1) is 11.5. The van der Waals surface area contributed by atoms with Gasteiger partial charge in [-0.3, -0.25) is 10.1 Å². The standard InChI is InChI=1S/C17H18N4O3.2ClH/c1-11-17(18)20-15-8-13(4-7-16(15)24-11)10-19-9-12-2-5-14(6-3-12)21(22)23;;/h2-8,11,19H,9-10H2,1H3,(H2,18,20);2*1H. The molecule has 0 aliphatic carbocycles. The maximum atomic E-state index is 10.6. The molecule has 7 nitrogen and oxygen atoms in total. The molecule has 1 unspecified atom stereocenters. The largest absolute Gasteiger partial charge is 0.481 e. The highest BCUT2D eigenvalue weighted by atomic mass is 35.5. The Labute approximate surface area is 163 Å². The minimum Gasteiger partial charge on any atom is -0.481 e. The first kappa shape index (κ1) is 21.7. The second kappa shape index (κ2) is 9.38. The highest BCUT2D eigenvalue weighted by Crippen LogP contribution is 2.32. The minimum absolute atomic E-state index is 0. The van der Waals surface area contributed by atoms with Gasteiger partial charge in [0.15, 0.2) is 6.10 Å². The molecule has 0 saturated carbocycles. The SMILES string of the molecule is CC1Oc2ccc(CNCc3ccc([N+](=O)[O-])cc3)cc2N=C1N.Cl.Cl. The van der Waals surface area contributed by atoms with E-state index in [2.05, 4.69) is 10.3 Å². The third-order valence-electron chi connectivity index (χ3n) is 3.80. The fourth-order valence-electron chi connectivity index (χ4n) is 2.43. The maximum absolute atomic E-state index is 10.6. The average molecular weight is 399 g/mol. The summed E-state index contributed by atoms with van der Waals surface area (Å²) < 4.78 is 5.67. The Hall–Kier alpha value is -2.35. The molecular weight excluding hydrogens is 379 g/mol. The van der Waals surface area contributed by atoms with Crippen molar-refractivity contribution in [3.63, 3.8) is 0 Å². The van der Waals surface area contributed by atoms with Gasteiger partial charge in [0.25, 0.3) is 5.69 Å². The molecule has 140 valence electrons. The van der Waals surface area contributed by atoms with Gasteiger partial charge in [-0.25, -0.2) is 4.99 Å². The lowest BCUT2D eigenvalue weighted by Crippen LogP contribution is -2.33. The Morgan fingerprint density at radius 3 is 2.42 bits per heavy atom. The van der Waals surface area contributed by atoms with Crippen LogP contribution in [0.1, 0.15) is 18.1 Å². The second-order valence-corrected chi connectivity index (χ2v) is 5.63. The Morgan fingerprint density at radius 2 is 1.77 bits per heavy atom. The molecule has 3 N–H and O–H groups in total. The second-order valence-electron chi connectivity index (χ2n) is 5.63. The molecule has 2 aromatic rings. The Balaban J connectivity index is 0.00000169. The monoisotopic (exact) mass is 398 g/mol. The third-order valence-corrected chi connectivity index (χ3v) is 3.80. The molecule has 0 saturated heterocycles. The average Bonchev–Trinajstić information content (AvgIpc) is 2.56. The van der Waals surface area contributed by atoms with E-state index in [0.29, 0.717) is 18.9 Å². The number of hydrogen-bond acceptors (Lipinski definition) is 6. The number of nitro benzene ring substituents is 1. The van der Waals surface area contributed by atoms with E-state index in [9.17, 15) is 10.1 Å². The lowest BCUT2D eigenvalue weighted by molar-refractivity contribution is -0.384. The van der Waals surface area contributed by atoms with Gasteiger partial charge < -0.3 is 15.8 Å². The molecule has 2 aromatic carbocycles. The van der Waals surface area contributed by atoms with Gasteiger partial charge in [0.05, 0.1) is 4.92 Å². The molecule has 3 rings (SSSR count). The van der Waals surface area contributed by atoms with Crippen molar-refractivity contribution in [1.29, 1.82) is 0 Å². The Kier molecular flexibility index (Phi) is 7.82. The molecule has 1 aliphatic heterocycles. The van der Waals surface area contributed by atoms with Crippen molar-refractivity contribution in [2.24, 2.45) is 10.7 Å². The highest BCUT2D eigenvalue weighted by Gasteiger charge is 2.18. The summed E-state index contributed by atoms with van der Waals surface area (Å²) in [6.45, 7) is 3.13. The van der Waals surface area contributed by atoms with E-state index in [0.717, 1.165) is 22.6 Å². The van der Waals surface area contributed by atoms with Gasteiger partial charge in [-0.2, -0.15) is 0 Å². The van der Waals surface area contributed by atoms with Crippen LogP contribution in [-0.2, 0) is 13.1 Å². The number of ether oxygens (including phenoxy) is 1. The molecule has 26 heavy (non-hydrogen) atoms. The fraction of sp³-hybridized carbons (Fsp3) is 0.235. The van der Waals surface area contributed by atoms with Crippen LogP contribution < -0.4 is 15.8 Å². The van der Waals surface area contributed by atoms with Crippen molar-refractivity contribution in [1.82, 2.24) is 5.32 Å². The van der Waals surface area contributed by atoms with E-state index in [4.69, 9.17) is 10.5 Å². The van der Waals surface area contributed by atoms with E-state index in [1.165, 1.54) is 12.1 Å². The number of nitro groups is 1. The van der Waals surface area contributed by atoms with Crippen LogP contribution in [-0.4, -0.2) is 16.9 Å². The number of halogens is 2. The molecule has 0 aromatic heterocycles. The number of hydrogen-bond donors (Lipinski definition) is 2. The van der Waals surface area contributed by atoms with Gasteiger partial charge in [-0.05, 0) is 30.2 Å². The highest BCUT2D eigenvalue weighted by molar-refractivity contribution is 5.89. The number of nitrogens with one attached hydrogen (secondary N) is 1. The molecule has 1 aliphatic rings. The zero-order chi connectivity index (χ0) is 17.1. The predicted molar refractivity (Wildman–Crippen MR) is 106 cm³/mol. The topological polar surface area (TPSA) is 103 Å². The predicted octanol–water partition coefficient (Wildman–Crippen LogP) is 3.50. The number of non-ortho nitro benzene ring substituents is 1. The summed E-state index contributed by atoms with van der Waals surface area (Å²) in [6.07, 6.45) is -0.205. The van der Waals surface area contributed by atoms with Gasteiger partial charge in [0.1, 0.15) is 17.3 Å². The van der Waals surface area contributed by atoms with Crippen LogP contribution in [0.4, 0.5) is 11.4 Å². The van der Waals surface area contributed by atoms with Crippen molar-refractivity contribution < 1.29 is 9.66 Å². The minimum atomic E-state index is -0.403. The first-order valence-corrected chi connectivity index (χ1v) is 7.60. The van der Waals surface area contributed by atoms with Crippen LogP contribution in [0.15, 0.2) is 47.5 Å². The number of nitrogens with two attached hydrogens (primary N) is 1. The van der Waals surface area contributed by atoms with E-state index in [-0.39, 0.29) is 36.6 Å². The molecule has 1 heterocycles. The van der Waals surface area contributed by atoms with Crippen molar-refractivity contribution >= 4 is 42.0 Å². The molecule has 1 atom stereocenters. The van der Waals surface area contributed by atoms with Gasteiger partial charge in [0, 0.05) is 25.2 Å². The fourth-order valence-corrected chi connectivity index (χ4v) is 2.43. The molecule has 0 fully saturated rings. The lowest BCUT2D eigenvalue weighted by Gasteiger charge is -2.21. The molecule has 0 amide bonds. The van der Waals surface area contributed by atoms with E-state index < -0.39 is 4.92 Å². The molecule has 0 spiro atoms. The number of rotatable bonds is 5. The van der Waals surface area contributed by atoms with Crippen molar-refractivity contribution in [3.8, 4) is 5.75 Å². The van der Waals surface area contributed by atoms with E-state index >= 15 is 0 Å². The quantitative estimate of drug-likeness (QED) is 0.592. The number of nitrogens with zero attached hydrogens (tertiary/aromatic N) is 2. The van der Waals surface area contributed by atoms with Gasteiger partial charge >= 0.3 is 0 Å². The number of fused-ring (bicyclic) bond motifs is 1. The van der Waals surface area contributed by atoms with Crippen LogP contribution in [0.5, 0.6) is 5.75 Å². The lowest BCUT2D eigenvalue weighted by atomic mass is 10.1. The Bertz CT molecular complexity index is 797. The van der Waals surface area contributed by atoms with E-state index in [1.54, 1.807) is 12.1 Å². The first-order valence-electron chi connectivity index (χ1n) is 7.60. The molecular formula is C17H20Cl2N4O3. The number of aliphatic imine (C=N–C) groups is 1. The summed E-state index contributed by atoms with van der Waals surface area (Å²) in [5.41, 5.74) is 8.69. The molecule has 9 heteroatoms. The zero-order valence-electron chi connectivity index (χ0n) is 14.0. The van der Waals surface area contributed by atoms with Crippen molar-refractivity contribution in [2.45, 2.75) is 26.1 Å². The number of benzene rings is 2. The van der Waals surface area contributed by atoms with Gasteiger partial charge in [-0.1, -0.05) is 18.2 Å². The van der Waals surface area contributed by atoms with Crippen LogP contribution in [0.2, 0.25) is 0 Å². The van der Waals surface area contributed by atoms with Gasteiger partial charge in [-0.15, -0.1) is 24.8 Å². The van der Waals surface area contributed by atoms with Crippen LogP contribution in [0.25, 0.3) is 0 Å². The Morgan fingerprint density at radius 1 is 1.15 bits per heavy atom. The van der Waals surface area contributed by atoms with Crippen molar-refractivity contribution in [2.75, 3.05) is 0 Å². The van der Waals surface area contributed by atoms with E-state index in [1.807, 2.05) is 25.1 Å². The number of amidine groups is 1. The summed E-state index contributed by atoms with van der Waals surface area (Å²) in [4.78, 5) is 14.6. The summed E-state index contributed by atoms with van der Waals surface area (Å²) in [5.74, 6) is 1.20. The summed E-state index contributed by atoms with van der Waals surface area (Å²) >= 11 is 0. The summed E-state index contributed by atoms with van der Waals surface area (Å²) in [6, 6.07) is 12.3. The van der Waals surface area contributed by atoms with Gasteiger partial charge in [0.2, 0.25) is 0 Å². The summed E-state index contributed by atoms with van der Waals surface area (Å²) in [5, 5.41) is 13.9. The molecule has 0 bridgehead atoms. The van der Waals surface area contributed by atoms with Crippen LogP contribution in [0, 0.1) is 10.1 Å². The maximum Gasteiger partial charge on any atom is 0.269 e. The van der Waals surface area contributed by atoms with Crippen LogP contribution >= 0.6 is 24.8 Å². The molecule has 0 radical (unpaired) electrons. The summed E-state index contributed by atoms with van der Waals surface area (Å²) in [7, 11) is 0. The smallest absolute Gasteiger partial charge is 0.269 e. The normalized spacial score (nSPS) is 14.8. The van der Waals surface area contributed by atoms with Crippen LogP contribution in [0.3, 0.4) is 0 Å². The van der Waals surface area contributed by atoms with Crippen molar-refractivity contribution in [3.05, 3.63) is 63.7 Å².